The molecule has 0 radical (unpaired) electrons. The number of likely N-dealkylation sites (tertiary alicyclic amines) is 1. The number of Topliss-reactive ketones (excluding diaryl/α,β-unsaturated/α-hetero) is 2. The summed E-state index contributed by atoms with van der Waals surface area (Å²) in [5, 5.41) is 11.0. The Morgan fingerprint density at radius 2 is 1.67 bits per heavy atom. The van der Waals surface area contributed by atoms with Crippen molar-refractivity contribution in [1.29, 1.82) is 0 Å². The summed E-state index contributed by atoms with van der Waals surface area (Å²) < 4.78 is 0. The SMILES string of the molecule is CC[C@H](C)[C@H](NC(=O)[C@H](N)Cc1ccccc1)C(=O)N(C)[C@H](Cc1ccccc1)C(=O)N1CCC(C(=O)C2CCCN=N2)[C@]1(C=O)C(=O)C1CCC(=O)NN1. The highest BCUT2D eigenvalue weighted by Crippen LogP contribution is 2.40. The van der Waals surface area contributed by atoms with E-state index in [1.807, 2.05) is 50.2 Å². The van der Waals surface area contributed by atoms with E-state index in [1.165, 1.54) is 11.9 Å². The lowest BCUT2D eigenvalue weighted by molar-refractivity contribution is -0.158. The molecule has 2 aromatic carbocycles. The van der Waals surface area contributed by atoms with Gasteiger partial charge < -0.3 is 25.6 Å². The van der Waals surface area contributed by atoms with E-state index >= 15 is 4.79 Å². The molecule has 3 aliphatic heterocycles. The number of likely N-dealkylation sites (N-methyl/N-ethyl adjacent to an activating group) is 1. The Hall–Kier alpha value is -5.15. The number of hydrazine groups is 1. The fourth-order valence-corrected chi connectivity index (χ4v) is 7.75. The van der Waals surface area contributed by atoms with Gasteiger partial charge in [-0.05, 0) is 49.1 Å². The van der Waals surface area contributed by atoms with Gasteiger partial charge in [0.15, 0.2) is 23.4 Å². The van der Waals surface area contributed by atoms with Crippen LogP contribution in [0.4, 0.5) is 0 Å². The third-order valence-corrected chi connectivity index (χ3v) is 11.2. The maximum absolute atomic E-state index is 15.1. The van der Waals surface area contributed by atoms with E-state index in [1.54, 1.807) is 24.3 Å². The Labute approximate surface area is 321 Å². The van der Waals surface area contributed by atoms with Gasteiger partial charge in [-0.15, -0.1) is 0 Å². The summed E-state index contributed by atoms with van der Waals surface area (Å²) in [5.41, 5.74) is 10.7. The molecule has 3 heterocycles. The number of rotatable bonds is 16. The zero-order valence-electron chi connectivity index (χ0n) is 31.7. The second-order valence-corrected chi connectivity index (χ2v) is 14.8. The molecule has 8 atom stereocenters. The van der Waals surface area contributed by atoms with E-state index in [4.69, 9.17) is 5.73 Å². The normalized spacial score (nSPS) is 24.5. The van der Waals surface area contributed by atoms with Crippen molar-refractivity contribution >= 4 is 41.5 Å². The third kappa shape index (κ3) is 9.05. The average Bonchev–Trinajstić information content (AvgIpc) is 3.62. The van der Waals surface area contributed by atoms with Crippen molar-refractivity contribution in [1.82, 2.24) is 26.0 Å². The Bertz CT molecular complexity index is 1750. The summed E-state index contributed by atoms with van der Waals surface area (Å²) in [7, 11) is 1.46. The van der Waals surface area contributed by atoms with Crippen LogP contribution in [-0.2, 0) is 46.4 Å². The number of carbonyl (C=O) groups excluding carboxylic acids is 7. The summed E-state index contributed by atoms with van der Waals surface area (Å²) in [6.45, 7) is 4.03. The maximum Gasteiger partial charge on any atom is 0.246 e. The largest absolute Gasteiger partial charge is 0.343 e. The number of hydrogen-bond acceptors (Lipinski definition) is 11. The molecule has 0 bridgehead atoms. The smallest absolute Gasteiger partial charge is 0.246 e. The van der Waals surface area contributed by atoms with Gasteiger partial charge in [0.2, 0.25) is 23.6 Å². The Morgan fingerprint density at radius 1 is 1.02 bits per heavy atom. The van der Waals surface area contributed by atoms with Gasteiger partial charge in [-0.2, -0.15) is 10.2 Å². The summed E-state index contributed by atoms with van der Waals surface area (Å²) in [5.74, 6) is -4.94. The number of nitrogens with zero attached hydrogens (tertiary/aromatic N) is 4. The number of benzene rings is 2. The molecular weight excluding hydrogens is 704 g/mol. The highest BCUT2D eigenvalue weighted by Gasteiger charge is 2.62. The monoisotopic (exact) mass is 756 g/mol. The lowest BCUT2D eigenvalue weighted by Crippen LogP contribution is -2.69. The minimum absolute atomic E-state index is 0.000718. The molecule has 3 unspecified atom stereocenters. The van der Waals surface area contributed by atoms with Gasteiger partial charge >= 0.3 is 0 Å². The van der Waals surface area contributed by atoms with Gasteiger partial charge in [0.25, 0.3) is 0 Å². The Balaban J connectivity index is 1.50. The lowest BCUT2D eigenvalue weighted by Gasteiger charge is -2.42. The van der Waals surface area contributed by atoms with Gasteiger partial charge in [-0.25, -0.2) is 5.43 Å². The molecule has 5 rings (SSSR count). The first-order valence-corrected chi connectivity index (χ1v) is 19.1. The molecule has 5 N–H and O–H groups in total. The number of ketones is 2. The fraction of sp³-hybridized carbons (Fsp3) is 0.525. The van der Waals surface area contributed by atoms with Crippen molar-refractivity contribution in [2.24, 2.45) is 27.8 Å². The van der Waals surface area contributed by atoms with Crippen molar-refractivity contribution in [3.8, 4) is 0 Å². The molecule has 55 heavy (non-hydrogen) atoms. The second-order valence-electron chi connectivity index (χ2n) is 14.8. The number of azo groups is 1. The number of nitrogens with one attached hydrogen (secondary N) is 3. The molecular formula is C40H52N8O7. The predicted octanol–water partition coefficient (Wildman–Crippen LogP) is 1.48. The molecule has 3 aliphatic rings. The van der Waals surface area contributed by atoms with E-state index in [9.17, 15) is 28.8 Å². The van der Waals surface area contributed by atoms with Gasteiger partial charge in [-0.1, -0.05) is 80.9 Å². The molecule has 0 spiro atoms. The molecule has 2 fully saturated rings. The molecule has 4 amide bonds. The van der Waals surface area contributed by atoms with E-state index in [2.05, 4.69) is 26.4 Å². The second kappa shape index (κ2) is 18.5. The van der Waals surface area contributed by atoms with Crippen molar-refractivity contribution in [2.75, 3.05) is 20.1 Å². The molecule has 0 aromatic heterocycles. The van der Waals surface area contributed by atoms with Crippen LogP contribution in [-0.4, -0.2) is 107 Å². The molecule has 0 saturated carbocycles. The van der Waals surface area contributed by atoms with E-state index in [0.29, 0.717) is 37.7 Å². The van der Waals surface area contributed by atoms with E-state index < -0.39 is 71.0 Å². The topological polar surface area (TPSA) is 213 Å². The van der Waals surface area contributed by atoms with Crippen molar-refractivity contribution in [3.63, 3.8) is 0 Å². The third-order valence-electron chi connectivity index (χ3n) is 11.2. The number of nitrogens with two attached hydrogens (primary N) is 1. The zero-order valence-corrected chi connectivity index (χ0v) is 31.7. The standard InChI is InChI=1S/C40H52N8O7/c1-4-25(2)34(43-37(53)29(41)22-26-12-7-5-8-13-26)39(55)47(3)32(23-27-14-9-6-10-15-27)38(54)48-21-19-28(35(51)30-16-11-20-42-44-30)40(48,24-49)36(52)31-17-18-33(50)46-45-31/h5-10,12-15,24-25,28-32,34,45H,4,11,16-23,41H2,1-3H3,(H,43,53)(H,46,50)/t25-,28?,29+,30?,31?,32+,34-,40+/m0/s1. The van der Waals surface area contributed by atoms with Crippen LogP contribution in [0.3, 0.4) is 0 Å². The Morgan fingerprint density at radius 3 is 2.24 bits per heavy atom. The molecule has 294 valence electrons. The quantitative estimate of drug-likeness (QED) is 0.144. The molecule has 15 nitrogen and oxygen atoms in total. The van der Waals surface area contributed by atoms with Crippen LogP contribution in [0.5, 0.6) is 0 Å². The van der Waals surface area contributed by atoms with Gasteiger partial charge in [-0.3, -0.25) is 34.2 Å². The van der Waals surface area contributed by atoms with Crippen LogP contribution in [0.2, 0.25) is 0 Å². The average molecular weight is 757 g/mol. The number of carbonyl (C=O) groups is 7. The first-order valence-electron chi connectivity index (χ1n) is 19.1. The summed E-state index contributed by atoms with van der Waals surface area (Å²) in [6.07, 6.45) is 2.16. The predicted molar refractivity (Wildman–Crippen MR) is 202 cm³/mol. The molecule has 2 aromatic rings. The van der Waals surface area contributed by atoms with Crippen LogP contribution in [0.25, 0.3) is 0 Å². The lowest BCUT2D eigenvalue weighted by atomic mass is 9.74. The molecule has 2 saturated heterocycles. The van der Waals surface area contributed by atoms with Crippen LogP contribution in [0, 0.1) is 11.8 Å². The number of hydrogen-bond donors (Lipinski definition) is 4. The first kappa shape index (κ1) is 41.0. The fourth-order valence-electron chi connectivity index (χ4n) is 7.75. The minimum Gasteiger partial charge on any atom is -0.343 e. The van der Waals surface area contributed by atoms with Gasteiger partial charge in [0, 0.05) is 26.4 Å². The van der Waals surface area contributed by atoms with Crippen molar-refractivity contribution in [2.45, 2.75) is 101 Å². The first-order chi connectivity index (χ1) is 26.4. The Kier molecular flexibility index (Phi) is 13.8. The highest BCUT2D eigenvalue weighted by molar-refractivity contribution is 6.14. The number of aldehydes is 1. The zero-order chi connectivity index (χ0) is 39.7. The highest BCUT2D eigenvalue weighted by atomic mass is 16.2. The van der Waals surface area contributed by atoms with Crippen molar-refractivity contribution < 1.29 is 33.6 Å². The van der Waals surface area contributed by atoms with Crippen LogP contribution in [0.1, 0.15) is 63.5 Å². The summed E-state index contributed by atoms with van der Waals surface area (Å²) >= 11 is 0. The van der Waals surface area contributed by atoms with Crippen LogP contribution in [0.15, 0.2) is 70.9 Å². The molecule has 15 heteroatoms. The van der Waals surface area contributed by atoms with E-state index in [-0.39, 0.29) is 50.5 Å². The summed E-state index contributed by atoms with van der Waals surface area (Å²) in [4.78, 5) is 99.9. The summed E-state index contributed by atoms with van der Waals surface area (Å²) in [6, 6.07) is 13.0. The van der Waals surface area contributed by atoms with Crippen LogP contribution < -0.4 is 21.9 Å². The minimum atomic E-state index is -2.26. The van der Waals surface area contributed by atoms with Crippen LogP contribution >= 0.6 is 0 Å². The van der Waals surface area contributed by atoms with E-state index in [0.717, 1.165) is 10.5 Å². The van der Waals surface area contributed by atoms with Gasteiger partial charge in [0.05, 0.1) is 24.5 Å². The maximum atomic E-state index is 15.1. The number of amides is 4. The molecule has 0 aliphatic carbocycles. The van der Waals surface area contributed by atoms with Gasteiger partial charge in [0.1, 0.15) is 18.1 Å². The van der Waals surface area contributed by atoms with Crippen molar-refractivity contribution in [3.05, 3.63) is 71.8 Å².